The van der Waals surface area contributed by atoms with Gasteiger partial charge in [-0.2, -0.15) is 11.0 Å². The van der Waals surface area contributed by atoms with Crippen molar-refractivity contribution in [3.63, 3.8) is 0 Å². The topological polar surface area (TPSA) is 398 Å². The summed E-state index contributed by atoms with van der Waals surface area (Å²) in [7, 11) is 0. The van der Waals surface area contributed by atoms with Crippen LogP contribution in [0.15, 0.2) is 30.5 Å². The van der Waals surface area contributed by atoms with Crippen molar-refractivity contribution in [1.82, 2.24) is 52.5 Å². The number of rotatable bonds is 20. The molecule has 1 aromatic carbocycles. The zero-order valence-corrected chi connectivity index (χ0v) is 39.8. The first-order chi connectivity index (χ1) is 33.1. The Labute approximate surface area is 402 Å². The van der Waals surface area contributed by atoms with Gasteiger partial charge in [0.25, 0.3) is 0 Å². The number of fused-ring (bicyclic) bond motifs is 1. The molecule has 19 N–H and O–H groups in total. The van der Waals surface area contributed by atoms with Crippen LogP contribution in [0.5, 0.6) is 0 Å². The number of para-hydroxylation sites is 1. The van der Waals surface area contributed by atoms with Crippen LogP contribution in [-0.2, 0) is 44.9 Å². The lowest BCUT2D eigenvalue weighted by Crippen LogP contribution is -2.56. The predicted molar refractivity (Wildman–Crippen MR) is 258 cm³/mol. The number of nitrogens with one attached hydrogen (secondary N) is 9. The van der Waals surface area contributed by atoms with Crippen molar-refractivity contribution in [3.8, 4) is 0 Å². The molecule has 1 aliphatic heterocycles. The summed E-state index contributed by atoms with van der Waals surface area (Å²) in [5.74, 6) is -4.39. The molecule has 0 aliphatic carbocycles. The molecule has 386 valence electrons. The number of hydrazine groups is 1. The first-order valence-corrected chi connectivity index (χ1v) is 23.7. The molecule has 25 heteroatoms. The van der Waals surface area contributed by atoms with E-state index in [2.05, 4.69) is 42.6 Å². The fraction of sp³-hybridized carbons (Fsp3) is 0.636. The summed E-state index contributed by atoms with van der Waals surface area (Å²) in [4.78, 5) is 109. The van der Waals surface area contributed by atoms with E-state index in [0.29, 0.717) is 71.1 Å². The van der Waals surface area contributed by atoms with Crippen molar-refractivity contribution in [2.75, 3.05) is 65.6 Å². The Morgan fingerprint density at radius 3 is 2.29 bits per heavy atom. The summed E-state index contributed by atoms with van der Waals surface area (Å²) in [6, 6.07) is 2.00. The third-order valence-electron chi connectivity index (χ3n) is 11.3. The Balaban J connectivity index is 1.89. The zero-order valence-electron chi connectivity index (χ0n) is 39.8. The van der Waals surface area contributed by atoms with Gasteiger partial charge in [0.2, 0.25) is 35.2 Å². The van der Waals surface area contributed by atoms with Gasteiger partial charge in [0.15, 0.2) is 5.96 Å². The third-order valence-corrected chi connectivity index (χ3v) is 11.3. The van der Waals surface area contributed by atoms with E-state index in [9.17, 15) is 33.6 Å². The van der Waals surface area contributed by atoms with Crippen LogP contribution in [0.25, 0.3) is 10.9 Å². The lowest BCUT2D eigenvalue weighted by Gasteiger charge is -2.29. The molecule has 1 fully saturated rings. The van der Waals surface area contributed by atoms with Gasteiger partial charge in [-0.1, -0.05) is 18.2 Å². The normalized spacial score (nSPS) is 20.4. The summed E-state index contributed by atoms with van der Waals surface area (Å²) >= 11 is 0. The lowest BCUT2D eigenvalue weighted by molar-refractivity contribution is -0.142. The quantitative estimate of drug-likeness (QED) is 0.0214. The average Bonchev–Trinajstić information content (AvgIpc) is 3.72. The number of aromatic nitrogens is 1. The van der Waals surface area contributed by atoms with Crippen molar-refractivity contribution in [2.45, 2.75) is 114 Å². The minimum atomic E-state index is -1.30. The Hall–Kier alpha value is -5.80. The van der Waals surface area contributed by atoms with E-state index >= 15 is 0 Å². The van der Waals surface area contributed by atoms with Gasteiger partial charge in [0, 0.05) is 69.3 Å². The number of carbonyl (C=O) groups excluding carboxylic acids is 7. The molecular formula is C44H76N16O9. The van der Waals surface area contributed by atoms with Crippen LogP contribution in [0.1, 0.15) is 83.1 Å². The molecule has 0 saturated carbocycles. The van der Waals surface area contributed by atoms with E-state index in [-0.39, 0.29) is 89.4 Å². The molecule has 2 aromatic rings. The molecule has 6 amide bonds. The van der Waals surface area contributed by atoms with Gasteiger partial charge in [-0.25, -0.2) is 15.2 Å². The number of urea groups is 1. The zero-order chi connectivity index (χ0) is 50.6. The second-order valence-corrected chi connectivity index (χ2v) is 16.9. The number of nitrogens with zero attached hydrogens (tertiary/aromatic N) is 2. The molecule has 1 aromatic heterocycles. The van der Waals surface area contributed by atoms with Crippen LogP contribution in [0.3, 0.4) is 0 Å². The number of aromatic amines is 1. The molecule has 69 heavy (non-hydrogen) atoms. The largest absolute Gasteiger partial charge is 0.370 e. The van der Waals surface area contributed by atoms with Crippen LogP contribution in [0.4, 0.5) is 4.79 Å². The highest BCUT2D eigenvalue weighted by atomic mass is 16.6. The molecule has 3 rings (SSSR count). The Kier molecular flexibility index (Phi) is 26.8. The number of benzene rings is 1. The highest BCUT2D eigenvalue weighted by Gasteiger charge is 2.34. The monoisotopic (exact) mass is 973 g/mol. The number of nitrogens with two attached hydrogens (primary N) is 5. The SMILES string of the molecule is CC(NOCCN1CCCCNC(=O)NCCCCN(C(=O)[C@@H](N)Cc2c[nH]c3ccccc23)CCON[C@@H](CCC(N)=O)C(=O)N[C@@H](CCCCN)C(=O)C(=O)[C@H](CCCNC(=N)N)N1)C(N)=O. The minimum Gasteiger partial charge on any atom is -0.370 e. The summed E-state index contributed by atoms with van der Waals surface area (Å²) in [6.45, 7) is 3.43. The first kappa shape index (κ1) is 57.5. The van der Waals surface area contributed by atoms with Gasteiger partial charge in [0.1, 0.15) is 12.1 Å². The van der Waals surface area contributed by atoms with Crippen molar-refractivity contribution in [1.29, 1.82) is 5.41 Å². The predicted octanol–water partition coefficient (Wildman–Crippen LogP) is -2.52. The number of primary amides is 2. The number of hydroxylamine groups is 2. The van der Waals surface area contributed by atoms with Crippen LogP contribution in [-0.4, -0.2) is 158 Å². The molecule has 0 spiro atoms. The summed E-state index contributed by atoms with van der Waals surface area (Å²) in [5, 5.41) is 21.3. The average molecular weight is 973 g/mol. The van der Waals surface area contributed by atoms with Gasteiger partial charge in [0.05, 0.1) is 31.3 Å². The highest BCUT2D eigenvalue weighted by molar-refractivity contribution is 6.41. The maximum Gasteiger partial charge on any atom is 0.314 e. The number of hydrogen-bond donors (Lipinski definition) is 14. The number of hydrogen-bond acceptors (Lipinski definition) is 16. The fourth-order valence-corrected chi connectivity index (χ4v) is 7.38. The molecule has 1 unspecified atom stereocenters. The smallest absolute Gasteiger partial charge is 0.314 e. The van der Waals surface area contributed by atoms with Gasteiger partial charge >= 0.3 is 6.03 Å². The Bertz CT molecular complexity index is 1950. The third kappa shape index (κ3) is 22.0. The summed E-state index contributed by atoms with van der Waals surface area (Å²) < 4.78 is 0. The molecular weight excluding hydrogens is 897 g/mol. The molecule has 25 nitrogen and oxygen atoms in total. The maximum absolute atomic E-state index is 14.3. The van der Waals surface area contributed by atoms with Gasteiger partial charge < -0.3 is 59.8 Å². The number of carbonyl (C=O) groups is 7. The van der Waals surface area contributed by atoms with Crippen LogP contribution >= 0.6 is 0 Å². The van der Waals surface area contributed by atoms with E-state index < -0.39 is 59.5 Å². The second kappa shape index (κ2) is 32.1. The summed E-state index contributed by atoms with van der Waals surface area (Å²) in [6.07, 6.45) is 5.18. The number of ketones is 2. The fourth-order valence-electron chi connectivity index (χ4n) is 7.38. The number of amides is 6. The van der Waals surface area contributed by atoms with Crippen molar-refractivity contribution >= 4 is 58.1 Å². The van der Waals surface area contributed by atoms with Crippen molar-refractivity contribution in [2.24, 2.45) is 28.7 Å². The van der Waals surface area contributed by atoms with Crippen molar-refractivity contribution in [3.05, 3.63) is 36.0 Å². The van der Waals surface area contributed by atoms with Crippen LogP contribution < -0.4 is 66.3 Å². The summed E-state index contributed by atoms with van der Waals surface area (Å²) in [5.41, 5.74) is 38.8. The highest BCUT2D eigenvalue weighted by Crippen LogP contribution is 2.19. The van der Waals surface area contributed by atoms with Gasteiger partial charge in [-0.05, 0) is 95.7 Å². The number of unbranched alkanes of at least 4 members (excludes halogenated alkanes) is 1. The Morgan fingerprint density at radius 2 is 1.59 bits per heavy atom. The molecule has 1 saturated heterocycles. The van der Waals surface area contributed by atoms with E-state index in [1.54, 1.807) is 9.91 Å². The van der Waals surface area contributed by atoms with E-state index in [0.717, 1.165) is 16.5 Å². The molecule has 0 radical (unpaired) electrons. The number of Topliss-reactive ketones (excluding diaryl/α,β-unsaturated/α-hetero) is 2. The first-order valence-electron chi connectivity index (χ1n) is 23.7. The molecule has 5 atom stereocenters. The lowest BCUT2D eigenvalue weighted by atomic mass is 9.95. The number of H-pyrrole nitrogens is 1. The van der Waals surface area contributed by atoms with E-state index in [4.69, 9.17) is 43.8 Å². The molecule has 1 aliphatic rings. The second-order valence-electron chi connectivity index (χ2n) is 16.9. The number of guanidine groups is 1. The van der Waals surface area contributed by atoms with E-state index in [1.165, 1.54) is 6.92 Å². The van der Waals surface area contributed by atoms with Crippen LogP contribution in [0, 0.1) is 5.41 Å². The van der Waals surface area contributed by atoms with Gasteiger partial charge in [-0.3, -0.25) is 43.9 Å². The standard InChI is InChI=1S/C44H76N16O9/c1-29(40(48)64)57-68-26-24-60-22-9-7-19-53-44(67)52-18-6-8-21-59(42(66)32(46)27-30-28-54-33-12-3-2-11-31(30)33)23-25-69-58-36(15-16-37(47)61)41(65)55-34(13-4-5-17-45)38(62)39(63)35(56-60)14-10-20-51-43(49)50/h2-3,11-12,28-29,32,34-36,54,56-58H,4-10,13-27,45-46H2,1H3,(H2,47,61)(H2,48,64)(H,55,65)(H4,49,50,51)(H2,52,53,67)/t29?,32-,34-,35-,36-/m0/s1. The van der Waals surface area contributed by atoms with Crippen LogP contribution in [0.2, 0.25) is 0 Å². The van der Waals surface area contributed by atoms with Crippen molar-refractivity contribution < 1.29 is 43.2 Å². The van der Waals surface area contributed by atoms with E-state index in [1.807, 2.05) is 30.5 Å². The molecule has 0 bridgehead atoms. The Morgan fingerprint density at radius 1 is 0.899 bits per heavy atom. The van der Waals surface area contributed by atoms with Gasteiger partial charge in [-0.15, -0.1) is 0 Å². The maximum atomic E-state index is 14.3. The molecule has 2 heterocycles. The minimum absolute atomic E-state index is 0.0231.